The molecule has 3 nitrogen and oxygen atoms in total. The summed E-state index contributed by atoms with van der Waals surface area (Å²) in [5.41, 5.74) is 0.587. The molecule has 0 aliphatic heterocycles. The summed E-state index contributed by atoms with van der Waals surface area (Å²) in [6.07, 6.45) is 18.4. The van der Waals surface area contributed by atoms with Gasteiger partial charge in [0.05, 0.1) is 27.2 Å². The van der Waals surface area contributed by atoms with Crippen LogP contribution < -0.4 is 0 Å². The molecule has 0 aromatic rings. The predicted molar refractivity (Wildman–Crippen MR) is 118 cm³/mol. The van der Waals surface area contributed by atoms with Crippen LogP contribution in [0.2, 0.25) is 5.54 Å². The molecule has 0 amide bonds. The van der Waals surface area contributed by atoms with Crippen LogP contribution in [0.4, 0.5) is 0 Å². The van der Waals surface area contributed by atoms with Crippen LogP contribution in [0.1, 0.15) is 97.3 Å². The Balaban J connectivity index is 3.53. The molecular formula is C22H50NO2Si+. The van der Waals surface area contributed by atoms with E-state index >= 15 is 0 Å². The molecule has 0 rings (SSSR count). The highest BCUT2D eigenvalue weighted by Gasteiger charge is 2.23. The first-order chi connectivity index (χ1) is 12.5. The average molecular weight is 389 g/mol. The molecule has 0 saturated heterocycles. The summed E-state index contributed by atoms with van der Waals surface area (Å²) < 4.78 is 12.2. The molecular weight excluding hydrogens is 338 g/mol. The lowest BCUT2D eigenvalue weighted by Crippen LogP contribution is -2.42. The van der Waals surface area contributed by atoms with E-state index in [-0.39, 0.29) is 0 Å². The Labute approximate surface area is 167 Å². The molecule has 1 unspecified atom stereocenters. The maximum Gasteiger partial charge on any atom is 0.324 e. The molecule has 0 aliphatic rings. The molecule has 0 aromatic carbocycles. The van der Waals surface area contributed by atoms with Crippen LogP contribution in [0.15, 0.2) is 0 Å². The van der Waals surface area contributed by atoms with Crippen molar-refractivity contribution in [3.05, 3.63) is 0 Å². The maximum absolute atomic E-state index is 5.51. The van der Waals surface area contributed by atoms with E-state index in [1.807, 2.05) is 0 Å². The SMILES string of the molecule is CCCCCCCCCCCCCC[N+](C)(C)CCC(C)[SiH](OC)OC. The van der Waals surface area contributed by atoms with Crippen LogP contribution in [0.5, 0.6) is 0 Å². The van der Waals surface area contributed by atoms with Gasteiger partial charge in [0.1, 0.15) is 0 Å². The van der Waals surface area contributed by atoms with Crippen molar-refractivity contribution in [1.82, 2.24) is 0 Å². The van der Waals surface area contributed by atoms with Crippen molar-refractivity contribution in [3.8, 4) is 0 Å². The number of quaternary nitrogens is 1. The van der Waals surface area contributed by atoms with E-state index in [2.05, 4.69) is 27.9 Å². The Morgan fingerprint density at radius 1 is 0.692 bits per heavy atom. The van der Waals surface area contributed by atoms with E-state index in [1.165, 1.54) is 96.6 Å². The van der Waals surface area contributed by atoms with Gasteiger partial charge >= 0.3 is 9.28 Å². The Morgan fingerprint density at radius 3 is 1.54 bits per heavy atom. The third-order valence-electron chi connectivity index (χ3n) is 5.74. The van der Waals surface area contributed by atoms with E-state index in [4.69, 9.17) is 8.85 Å². The van der Waals surface area contributed by atoms with E-state index in [9.17, 15) is 0 Å². The van der Waals surface area contributed by atoms with Gasteiger partial charge in [0.25, 0.3) is 0 Å². The third-order valence-corrected chi connectivity index (χ3v) is 7.93. The summed E-state index contributed by atoms with van der Waals surface area (Å²) in [7, 11) is 6.90. The Morgan fingerprint density at radius 2 is 1.12 bits per heavy atom. The van der Waals surface area contributed by atoms with Crippen LogP contribution in [0, 0.1) is 0 Å². The fourth-order valence-corrected chi connectivity index (χ4v) is 5.29. The van der Waals surface area contributed by atoms with Gasteiger partial charge in [0.2, 0.25) is 0 Å². The lowest BCUT2D eigenvalue weighted by Gasteiger charge is -2.31. The van der Waals surface area contributed by atoms with Gasteiger partial charge in [-0.15, -0.1) is 0 Å². The molecule has 0 saturated carbocycles. The fourth-order valence-electron chi connectivity index (χ4n) is 3.74. The average Bonchev–Trinajstić information content (AvgIpc) is 2.62. The molecule has 0 radical (unpaired) electrons. The minimum absolute atomic E-state index is 0.587. The van der Waals surface area contributed by atoms with E-state index in [0.29, 0.717) is 5.54 Å². The Bertz CT molecular complexity index is 296. The normalized spacial score (nSPS) is 13.5. The highest BCUT2D eigenvalue weighted by atomic mass is 28.3. The van der Waals surface area contributed by atoms with Gasteiger partial charge in [0.15, 0.2) is 0 Å². The second-order valence-electron chi connectivity index (χ2n) is 8.88. The third kappa shape index (κ3) is 15.2. The first-order valence-corrected chi connectivity index (χ1v) is 13.0. The summed E-state index contributed by atoms with van der Waals surface area (Å²) in [5.74, 6) is 0. The van der Waals surface area contributed by atoms with Crippen molar-refractivity contribution < 1.29 is 13.3 Å². The fraction of sp³-hybridized carbons (Fsp3) is 1.00. The second kappa shape index (κ2) is 17.2. The van der Waals surface area contributed by atoms with Crippen molar-refractivity contribution in [1.29, 1.82) is 0 Å². The zero-order valence-corrected chi connectivity index (χ0v) is 20.2. The monoisotopic (exact) mass is 388 g/mol. The summed E-state index contributed by atoms with van der Waals surface area (Å²) >= 11 is 0. The second-order valence-corrected chi connectivity index (χ2v) is 11.7. The van der Waals surface area contributed by atoms with E-state index in [1.54, 1.807) is 14.2 Å². The number of unbranched alkanes of at least 4 members (excludes halogenated alkanes) is 11. The molecule has 0 spiro atoms. The smallest absolute Gasteiger partial charge is 0.324 e. The molecule has 0 fully saturated rings. The molecule has 0 N–H and O–H groups in total. The van der Waals surface area contributed by atoms with Gasteiger partial charge in [-0.3, -0.25) is 0 Å². The van der Waals surface area contributed by atoms with Gasteiger partial charge in [-0.05, 0) is 12.8 Å². The molecule has 0 aromatic heterocycles. The zero-order chi connectivity index (χ0) is 19.7. The predicted octanol–water partition coefficient (Wildman–Crippen LogP) is 6.06. The summed E-state index contributed by atoms with van der Waals surface area (Å²) in [6.45, 7) is 7.11. The first kappa shape index (κ1) is 26.1. The van der Waals surface area contributed by atoms with Gasteiger partial charge in [-0.2, -0.15) is 0 Å². The molecule has 1 atom stereocenters. The highest BCUT2D eigenvalue weighted by molar-refractivity contribution is 6.46. The van der Waals surface area contributed by atoms with Gasteiger partial charge < -0.3 is 13.3 Å². The first-order valence-electron chi connectivity index (χ1n) is 11.3. The van der Waals surface area contributed by atoms with Crippen molar-refractivity contribution >= 4 is 9.28 Å². The summed E-state index contributed by atoms with van der Waals surface area (Å²) in [6, 6.07) is 0. The summed E-state index contributed by atoms with van der Waals surface area (Å²) in [5, 5.41) is 0. The molecule has 4 heteroatoms. The van der Waals surface area contributed by atoms with Gasteiger partial charge in [-0.1, -0.05) is 78.1 Å². The van der Waals surface area contributed by atoms with Crippen LogP contribution >= 0.6 is 0 Å². The van der Waals surface area contributed by atoms with Crippen LogP contribution in [-0.2, 0) is 8.85 Å². The number of hydrogen-bond donors (Lipinski definition) is 0. The van der Waals surface area contributed by atoms with Crippen molar-refractivity contribution in [3.63, 3.8) is 0 Å². The van der Waals surface area contributed by atoms with E-state index in [0.717, 1.165) is 4.48 Å². The standard InChI is InChI=1S/C22H50NO2Si/c1-7-8-9-10-11-12-13-14-15-16-17-18-20-23(3,4)21-19-22(2)26(24-5)25-6/h22,26H,7-21H2,1-6H3/q+1. The van der Waals surface area contributed by atoms with Crippen LogP contribution in [0.25, 0.3) is 0 Å². The number of rotatable bonds is 19. The van der Waals surface area contributed by atoms with Gasteiger partial charge in [-0.25, -0.2) is 0 Å². The Hall–Kier alpha value is 0.0969. The van der Waals surface area contributed by atoms with Crippen molar-refractivity contribution in [2.45, 2.75) is 103 Å². The summed E-state index contributed by atoms with van der Waals surface area (Å²) in [4.78, 5) is 0. The molecule has 0 bridgehead atoms. The van der Waals surface area contributed by atoms with Gasteiger partial charge in [0, 0.05) is 26.2 Å². The lowest BCUT2D eigenvalue weighted by molar-refractivity contribution is -0.890. The zero-order valence-electron chi connectivity index (χ0n) is 19.0. The van der Waals surface area contributed by atoms with E-state index < -0.39 is 9.28 Å². The van der Waals surface area contributed by atoms with Crippen LogP contribution in [-0.4, -0.2) is 55.2 Å². The minimum Gasteiger partial charge on any atom is -0.400 e. The largest absolute Gasteiger partial charge is 0.400 e. The quantitative estimate of drug-likeness (QED) is 0.152. The van der Waals surface area contributed by atoms with Crippen molar-refractivity contribution in [2.75, 3.05) is 41.4 Å². The maximum atomic E-state index is 5.51. The van der Waals surface area contributed by atoms with Crippen LogP contribution in [0.3, 0.4) is 0 Å². The van der Waals surface area contributed by atoms with Crippen molar-refractivity contribution in [2.24, 2.45) is 0 Å². The Kier molecular flexibility index (Phi) is 17.3. The molecule has 0 aliphatic carbocycles. The lowest BCUT2D eigenvalue weighted by atomic mass is 10.1. The number of nitrogens with zero attached hydrogens (tertiary/aromatic N) is 1. The number of hydrogen-bond acceptors (Lipinski definition) is 2. The molecule has 158 valence electrons. The minimum atomic E-state index is -1.45. The topological polar surface area (TPSA) is 18.5 Å². The highest BCUT2D eigenvalue weighted by Crippen LogP contribution is 2.18. The molecule has 0 heterocycles. The molecule has 26 heavy (non-hydrogen) atoms.